The summed E-state index contributed by atoms with van der Waals surface area (Å²) in [4.78, 5) is 30.6. The lowest BCUT2D eigenvalue weighted by Crippen LogP contribution is -2.44. The van der Waals surface area contributed by atoms with E-state index in [0.29, 0.717) is 33.3 Å². The van der Waals surface area contributed by atoms with Gasteiger partial charge in [0.25, 0.3) is 11.8 Å². The number of amides is 2. The molecule has 3 N–H and O–H groups in total. The van der Waals surface area contributed by atoms with Gasteiger partial charge in [-0.25, -0.2) is 0 Å². The number of likely N-dealkylation sites (N-methyl/N-ethyl adjacent to an activating group) is 1. The first-order chi connectivity index (χ1) is 17.0. The maximum Gasteiger partial charge on any atom is 0.261 e. The highest BCUT2D eigenvalue weighted by atomic mass is 35.5. The molecule has 0 bridgehead atoms. The van der Waals surface area contributed by atoms with Gasteiger partial charge in [0.15, 0.2) is 5.82 Å². The van der Waals surface area contributed by atoms with Crippen LogP contribution in [0.1, 0.15) is 25.6 Å². The monoisotopic (exact) mass is 508 g/mol. The number of aromatic amines is 1. The largest absolute Gasteiger partial charge is 0.369 e. The highest BCUT2D eigenvalue weighted by Crippen LogP contribution is 2.30. The molecular formula is C25H25ClN6O2S. The van der Waals surface area contributed by atoms with Crippen LogP contribution < -0.4 is 15.5 Å². The maximum atomic E-state index is 12.8. The predicted octanol–water partition coefficient (Wildman–Crippen LogP) is 4.21. The molecule has 1 saturated heterocycles. The third kappa shape index (κ3) is 5.32. The number of piperazine rings is 1. The number of H-pyrrole nitrogens is 1. The van der Waals surface area contributed by atoms with Crippen molar-refractivity contribution in [3.05, 3.63) is 75.6 Å². The zero-order valence-corrected chi connectivity index (χ0v) is 20.7. The van der Waals surface area contributed by atoms with E-state index in [1.807, 2.05) is 36.4 Å². The Kier molecular flexibility index (Phi) is 6.72. The standard InChI is InChI=1S/C25H25ClN6O2S/c1-31-10-12-32(13-11-31)19-8-4-17(5-9-19)24(33)28-23-22-20(29-30-23)14-21(35-22)25(34)27-15-16-2-6-18(26)7-3-16/h2-9,14H,10-13,15H2,1H3,(H,27,34)(H2,28,29,30,33). The van der Waals surface area contributed by atoms with E-state index < -0.39 is 0 Å². The Labute approximate surface area is 211 Å². The molecule has 3 heterocycles. The molecule has 1 fully saturated rings. The van der Waals surface area contributed by atoms with Crippen LogP contribution in [0.25, 0.3) is 10.2 Å². The Hall–Kier alpha value is -3.40. The molecule has 1 aliphatic rings. The molecule has 1 aliphatic heterocycles. The average molecular weight is 509 g/mol. The molecule has 8 nitrogen and oxygen atoms in total. The molecule has 0 radical (unpaired) electrons. The molecule has 2 aromatic heterocycles. The summed E-state index contributed by atoms with van der Waals surface area (Å²) in [7, 11) is 2.13. The van der Waals surface area contributed by atoms with Gasteiger partial charge in [0.1, 0.15) is 0 Å². The van der Waals surface area contributed by atoms with Crippen LogP contribution in [0.2, 0.25) is 5.02 Å². The topological polar surface area (TPSA) is 93.4 Å². The summed E-state index contributed by atoms with van der Waals surface area (Å²) in [6.07, 6.45) is 0. The zero-order chi connectivity index (χ0) is 24.4. The number of aromatic nitrogens is 2. The van der Waals surface area contributed by atoms with Gasteiger partial charge in [-0.2, -0.15) is 5.10 Å². The van der Waals surface area contributed by atoms with Crippen LogP contribution in [0.5, 0.6) is 0 Å². The van der Waals surface area contributed by atoms with E-state index in [9.17, 15) is 9.59 Å². The first-order valence-electron chi connectivity index (χ1n) is 11.3. The second kappa shape index (κ2) is 10.1. The van der Waals surface area contributed by atoms with Crippen molar-refractivity contribution in [1.82, 2.24) is 20.4 Å². The van der Waals surface area contributed by atoms with Gasteiger partial charge in [-0.1, -0.05) is 23.7 Å². The normalized spacial score (nSPS) is 14.3. The summed E-state index contributed by atoms with van der Waals surface area (Å²) < 4.78 is 0.726. The highest BCUT2D eigenvalue weighted by Gasteiger charge is 2.18. The van der Waals surface area contributed by atoms with Crippen molar-refractivity contribution >= 4 is 56.5 Å². The predicted molar refractivity (Wildman–Crippen MR) is 141 cm³/mol. The van der Waals surface area contributed by atoms with Crippen molar-refractivity contribution in [3.8, 4) is 0 Å². The smallest absolute Gasteiger partial charge is 0.261 e. The number of halogens is 1. The molecule has 4 aromatic rings. The van der Waals surface area contributed by atoms with E-state index >= 15 is 0 Å². The van der Waals surface area contributed by atoms with Crippen molar-refractivity contribution in [1.29, 1.82) is 0 Å². The van der Waals surface area contributed by atoms with Crippen LogP contribution in [0.3, 0.4) is 0 Å². The van der Waals surface area contributed by atoms with E-state index in [-0.39, 0.29) is 11.8 Å². The minimum absolute atomic E-state index is 0.189. The van der Waals surface area contributed by atoms with Crippen molar-refractivity contribution in [2.24, 2.45) is 0 Å². The summed E-state index contributed by atoms with van der Waals surface area (Å²) in [5, 5.41) is 13.5. The molecule has 0 atom stereocenters. The van der Waals surface area contributed by atoms with Crippen LogP contribution >= 0.6 is 22.9 Å². The van der Waals surface area contributed by atoms with Crippen LogP contribution in [-0.4, -0.2) is 60.1 Å². The maximum absolute atomic E-state index is 12.8. The molecule has 0 saturated carbocycles. The minimum Gasteiger partial charge on any atom is -0.369 e. The van der Waals surface area contributed by atoms with Gasteiger partial charge in [-0.05, 0) is 55.1 Å². The van der Waals surface area contributed by atoms with Gasteiger partial charge >= 0.3 is 0 Å². The van der Waals surface area contributed by atoms with Crippen molar-refractivity contribution in [2.45, 2.75) is 6.54 Å². The second-order valence-corrected chi connectivity index (χ2v) is 10.0. The number of fused-ring (bicyclic) bond motifs is 1. The summed E-state index contributed by atoms with van der Waals surface area (Å²) >= 11 is 7.19. The fourth-order valence-corrected chi connectivity index (χ4v) is 5.05. The lowest BCUT2D eigenvalue weighted by molar-refractivity contribution is 0.0954. The van der Waals surface area contributed by atoms with Gasteiger partial charge in [0.05, 0.1) is 15.1 Å². The molecule has 2 amide bonds. The van der Waals surface area contributed by atoms with Crippen molar-refractivity contribution < 1.29 is 9.59 Å². The van der Waals surface area contributed by atoms with Gasteiger partial charge in [0, 0.05) is 49.0 Å². The third-order valence-electron chi connectivity index (χ3n) is 6.06. The quantitative estimate of drug-likeness (QED) is 0.363. The lowest BCUT2D eigenvalue weighted by Gasteiger charge is -2.34. The molecule has 5 rings (SSSR count). The van der Waals surface area contributed by atoms with Crippen LogP contribution in [-0.2, 0) is 6.54 Å². The van der Waals surface area contributed by atoms with Gasteiger partial charge < -0.3 is 20.4 Å². The Morgan fingerprint density at radius 1 is 1.03 bits per heavy atom. The summed E-state index contributed by atoms with van der Waals surface area (Å²) in [6, 6.07) is 16.7. The molecular weight excluding hydrogens is 484 g/mol. The number of benzene rings is 2. The molecule has 0 unspecified atom stereocenters. The Morgan fingerprint density at radius 3 is 2.46 bits per heavy atom. The number of thiophene rings is 1. The molecule has 35 heavy (non-hydrogen) atoms. The first kappa shape index (κ1) is 23.3. The van der Waals surface area contributed by atoms with Crippen molar-refractivity contribution in [2.75, 3.05) is 43.4 Å². The van der Waals surface area contributed by atoms with Gasteiger partial charge in [-0.3, -0.25) is 14.7 Å². The lowest BCUT2D eigenvalue weighted by atomic mass is 10.1. The number of hydrogen-bond acceptors (Lipinski definition) is 6. The van der Waals surface area contributed by atoms with Gasteiger partial charge in [0.2, 0.25) is 0 Å². The zero-order valence-electron chi connectivity index (χ0n) is 19.2. The summed E-state index contributed by atoms with van der Waals surface area (Å²) in [5.74, 6) is -0.0216. The van der Waals surface area contributed by atoms with E-state index in [0.717, 1.165) is 42.1 Å². The Balaban J connectivity index is 1.23. The first-order valence-corrected chi connectivity index (χ1v) is 12.5. The molecule has 0 aliphatic carbocycles. The molecule has 2 aromatic carbocycles. The Bertz CT molecular complexity index is 1340. The molecule has 0 spiro atoms. The Morgan fingerprint density at radius 2 is 1.74 bits per heavy atom. The number of anilines is 2. The van der Waals surface area contributed by atoms with E-state index in [1.165, 1.54) is 11.3 Å². The second-order valence-electron chi connectivity index (χ2n) is 8.53. The molecule has 10 heteroatoms. The highest BCUT2D eigenvalue weighted by molar-refractivity contribution is 7.21. The third-order valence-corrected chi connectivity index (χ3v) is 7.45. The number of hydrogen-bond donors (Lipinski definition) is 3. The summed E-state index contributed by atoms with van der Waals surface area (Å²) in [5.41, 5.74) is 3.33. The number of rotatable bonds is 6. The van der Waals surface area contributed by atoms with E-state index in [4.69, 9.17) is 11.6 Å². The van der Waals surface area contributed by atoms with E-state index in [1.54, 1.807) is 18.2 Å². The van der Waals surface area contributed by atoms with Crippen LogP contribution in [0, 0.1) is 0 Å². The fraction of sp³-hybridized carbons (Fsp3) is 0.240. The minimum atomic E-state index is -0.245. The number of carbonyl (C=O) groups is 2. The number of nitrogens with one attached hydrogen (secondary N) is 3. The SMILES string of the molecule is CN1CCN(c2ccc(C(=O)Nc3n[nH]c4cc(C(=O)NCc5ccc(Cl)cc5)sc34)cc2)CC1. The number of nitrogens with zero attached hydrogens (tertiary/aromatic N) is 3. The number of carbonyl (C=O) groups excluding carboxylic acids is 2. The van der Waals surface area contributed by atoms with Crippen LogP contribution in [0.15, 0.2) is 54.6 Å². The van der Waals surface area contributed by atoms with Crippen molar-refractivity contribution in [3.63, 3.8) is 0 Å². The summed E-state index contributed by atoms with van der Waals surface area (Å²) in [6.45, 7) is 4.40. The fourth-order valence-electron chi connectivity index (χ4n) is 3.95. The average Bonchev–Trinajstić information content (AvgIpc) is 3.46. The van der Waals surface area contributed by atoms with E-state index in [2.05, 4.69) is 37.7 Å². The molecule has 180 valence electrons. The van der Waals surface area contributed by atoms with Crippen LogP contribution in [0.4, 0.5) is 11.5 Å². The van der Waals surface area contributed by atoms with Gasteiger partial charge in [-0.15, -0.1) is 11.3 Å².